The molecule has 3 amide bonds. The number of carbonyl (C=O) groups is 2. The van der Waals surface area contributed by atoms with Gasteiger partial charge in [-0.15, -0.1) is 0 Å². The van der Waals surface area contributed by atoms with E-state index in [0.717, 1.165) is 10.7 Å². The predicted molar refractivity (Wildman–Crippen MR) is 119 cm³/mol. The van der Waals surface area contributed by atoms with Crippen molar-refractivity contribution in [3.8, 4) is 11.4 Å². The van der Waals surface area contributed by atoms with E-state index < -0.39 is 12.1 Å². The first kappa shape index (κ1) is 22.5. The average Bonchev–Trinajstić information content (AvgIpc) is 3.31. The van der Waals surface area contributed by atoms with Crippen LogP contribution in [0.5, 0.6) is 0 Å². The van der Waals surface area contributed by atoms with Crippen LogP contribution in [-0.4, -0.2) is 58.6 Å². The van der Waals surface area contributed by atoms with Gasteiger partial charge in [0, 0.05) is 54.6 Å². The molecule has 0 radical (unpaired) electrons. The molecule has 2 heterocycles. The zero-order chi connectivity index (χ0) is 23.4. The molecule has 1 fully saturated rings. The maximum absolute atomic E-state index is 12.5. The monoisotopic (exact) mass is 476 g/mol. The normalized spacial score (nSPS) is 14.2. The van der Waals surface area contributed by atoms with E-state index >= 15 is 0 Å². The van der Waals surface area contributed by atoms with Crippen molar-refractivity contribution in [2.24, 2.45) is 0 Å². The van der Waals surface area contributed by atoms with Gasteiger partial charge in [0.05, 0.1) is 0 Å². The summed E-state index contributed by atoms with van der Waals surface area (Å²) in [5, 5.41) is 5.26. The van der Waals surface area contributed by atoms with Crippen LogP contribution in [0.25, 0.3) is 11.4 Å². The van der Waals surface area contributed by atoms with Gasteiger partial charge in [-0.1, -0.05) is 30.3 Å². The lowest BCUT2D eigenvalue weighted by Crippen LogP contribution is -2.50. The third-order valence-electron chi connectivity index (χ3n) is 4.94. The summed E-state index contributed by atoms with van der Waals surface area (Å²) in [6.07, 6.45) is -4.97. The predicted octanol–water partition coefficient (Wildman–Crippen LogP) is 4.06. The number of benzene rings is 2. The molecule has 2 aromatic carbocycles. The summed E-state index contributed by atoms with van der Waals surface area (Å²) in [5.41, 5.74) is 1.34. The van der Waals surface area contributed by atoms with Gasteiger partial charge in [0.15, 0.2) is 5.82 Å². The second-order valence-electron chi connectivity index (χ2n) is 7.20. The molecule has 12 heteroatoms. The van der Waals surface area contributed by atoms with Crippen molar-refractivity contribution in [3.05, 3.63) is 54.6 Å². The Morgan fingerprint density at radius 3 is 2.09 bits per heavy atom. The van der Waals surface area contributed by atoms with Crippen LogP contribution in [0, 0.1) is 0 Å². The number of hydrogen-bond donors (Lipinski definition) is 2. The quantitative estimate of drug-likeness (QED) is 0.593. The van der Waals surface area contributed by atoms with E-state index in [-0.39, 0.29) is 11.7 Å². The van der Waals surface area contributed by atoms with Crippen LogP contribution in [0.1, 0.15) is 0 Å². The zero-order valence-electron chi connectivity index (χ0n) is 17.2. The highest BCUT2D eigenvalue weighted by atomic mass is 32.1. The Labute approximate surface area is 191 Å². The first-order chi connectivity index (χ1) is 15.8. The number of nitrogens with one attached hydrogen (secondary N) is 2. The van der Waals surface area contributed by atoms with E-state index in [9.17, 15) is 22.8 Å². The molecule has 172 valence electrons. The molecule has 0 atom stereocenters. The fraction of sp³-hybridized carbons (Fsp3) is 0.238. The van der Waals surface area contributed by atoms with Crippen LogP contribution in [0.2, 0.25) is 0 Å². The second-order valence-corrected chi connectivity index (χ2v) is 7.93. The molecule has 0 bridgehead atoms. The smallest absolute Gasteiger partial charge is 0.343 e. The summed E-state index contributed by atoms with van der Waals surface area (Å²) in [4.78, 5) is 31.9. The fourth-order valence-electron chi connectivity index (χ4n) is 3.19. The van der Waals surface area contributed by atoms with E-state index in [0.29, 0.717) is 37.7 Å². The Morgan fingerprint density at radius 1 is 0.879 bits per heavy atom. The molecule has 33 heavy (non-hydrogen) atoms. The summed E-state index contributed by atoms with van der Waals surface area (Å²) in [5.74, 6) is -1.38. The third-order valence-corrected chi connectivity index (χ3v) is 5.71. The van der Waals surface area contributed by atoms with E-state index in [4.69, 9.17) is 0 Å². The minimum absolute atomic E-state index is 0.0177. The number of alkyl halides is 3. The molecule has 3 aromatic rings. The molecule has 0 saturated carbocycles. The molecule has 1 aliphatic rings. The average molecular weight is 476 g/mol. The largest absolute Gasteiger partial charge is 0.471 e. The van der Waals surface area contributed by atoms with Gasteiger partial charge in [-0.25, -0.2) is 4.79 Å². The van der Waals surface area contributed by atoms with Gasteiger partial charge in [0.25, 0.3) is 0 Å². The van der Waals surface area contributed by atoms with Crippen LogP contribution in [0.3, 0.4) is 0 Å². The Morgan fingerprint density at radius 2 is 1.48 bits per heavy atom. The fourth-order valence-corrected chi connectivity index (χ4v) is 3.93. The number of hydrogen-bond acceptors (Lipinski definition) is 6. The van der Waals surface area contributed by atoms with Gasteiger partial charge in [-0.2, -0.15) is 22.5 Å². The number of nitrogens with zero attached hydrogens (tertiary/aromatic N) is 4. The molecule has 1 saturated heterocycles. The van der Waals surface area contributed by atoms with Gasteiger partial charge in [0.1, 0.15) is 0 Å². The highest BCUT2D eigenvalue weighted by Gasteiger charge is 2.38. The van der Waals surface area contributed by atoms with Gasteiger partial charge in [-0.3, -0.25) is 4.79 Å². The van der Waals surface area contributed by atoms with E-state index in [1.54, 1.807) is 10.2 Å². The first-order valence-corrected chi connectivity index (χ1v) is 10.8. The molecular weight excluding hydrogens is 457 g/mol. The van der Waals surface area contributed by atoms with Gasteiger partial charge >= 0.3 is 18.1 Å². The van der Waals surface area contributed by atoms with Crippen LogP contribution in [0.15, 0.2) is 54.6 Å². The molecule has 2 N–H and O–H groups in total. The minimum Gasteiger partial charge on any atom is -0.343 e. The highest BCUT2D eigenvalue weighted by molar-refractivity contribution is 7.09. The molecule has 1 aromatic heterocycles. The number of amides is 3. The summed E-state index contributed by atoms with van der Waals surface area (Å²) < 4.78 is 41.4. The molecular formula is C21H19F3N6O2S. The van der Waals surface area contributed by atoms with Crippen LogP contribution in [0.4, 0.5) is 34.5 Å². The molecule has 1 aliphatic heterocycles. The molecule has 0 aliphatic carbocycles. The number of carbonyl (C=O) groups excluding carboxylic acids is 2. The molecule has 0 unspecified atom stereocenters. The van der Waals surface area contributed by atoms with E-state index in [1.165, 1.54) is 35.8 Å². The zero-order valence-corrected chi connectivity index (χ0v) is 18.0. The summed E-state index contributed by atoms with van der Waals surface area (Å²) in [7, 11) is 0. The number of piperazine rings is 1. The number of rotatable bonds is 4. The third kappa shape index (κ3) is 5.58. The first-order valence-electron chi connectivity index (χ1n) is 9.98. The van der Waals surface area contributed by atoms with Crippen LogP contribution in [-0.2, 0) is 4.79 Å². The summed E-state index contributed by atoms with van der Waals surface area (Å²) >= 11 is 1.32. The lowest BCUT2D eigenvalue weighted by molar-refractivity contribution is -0.167. The standard InChI is InChI=1S/C21H19F3N6O2S/c22-21(23,24)18(31)25-15-6-8-16(9-7-15)26-19(32)29-10-12-30(13-11-29)20-27-17(28-33-20)14-4-2-1-3-5-14/h1-9H,10-13H2,(H,25,31)(H,26,32). The van der Waals surface area contributed by atoms with Crippen LogP contribution < -0.4 is 15.5 Å². The van der Waals surface area contributed by atoms with E-state index in [2.05, 4.69) is 19.6 Å². The minimum atomic E-state index is -4.97. The Balaban J connectivity index is 1.28. The van der Waals surface area contributed by atoms with Crippen molar-refractivity contribution >= 4 is 40.0 Å². The highest BCUT2D eigenvalue weighted by Crippen LogP contribution is 2.25. The van der Waals surface area contributed by atoms with Crippen molar-refractivity contribution in [1.82, 2.24) is 14.3 Å². The van der Waals surface area contributed by atoms with Crippen molar-refractivity contribution < 1.29 is 22.8 Å². The Hall–Kier alpha value is -3.67. The lowest BCUT2D eigenvalue weighted by Gasteiger charge is -2.34. The van der Waals surface area contributed by atoms with Crippen molar-refractivity contribution in [2.45, 2.75) is 6.18 Å². The molecule has 0 spiro atoms. The maximum atomic E-state index is 12.5. The van der Waals surface area contributed by atoms with Crippen LogP contribution >= 0.6 is 11.5 Å². The van der Waals surface area contributed by atoms with E-state index in [1.807, 2.05) is 30.3 Å². The SMILES string of the molecule is O=C(Nc1ccc(NC(=O)C(F)(F)F)cc1)N1CCN(c2nc(-c3ccccc3)ns2)CC1. The molecule has 8 nitrogen and oxygen atoms in total. The van der Waals surface area contributed by atoms with Crippen molar-refractivity contribution in [1.29, 1.82) is 0 Å². The number of halogens is 3. The summed E-state index contributed by atoms with van der Waals surface area (Å²) in [6, 6.07) is 14.8. The van der Waals surface area contributed by atoms with Crippen molar-refractivity contribution in [3.63, 3.8) is 0 Å². The topological polar surface area (TPSA) is 90.5 Å². The van der Waals surface area contributed by atoms with Gasteiger partial charge < -0.3 is 20.4 Å². The molecule has 4 rings (SSSR count). The summed E-state index contributed by atoms with van der Waals surface area (Å²) in [6.45, 7) is 2.15. The number of aromatic nitrogens is 2. The maximum Gasteiger partial charge on any atom is 0.471 e. The lowest BCUT2D eigenvalue weighted by atomic mass is 10.2. The number of anilines is 3. The van der Waals surface area contributed by atoms with Gasteiger partial charge in [0.2, 0.25) is 5.13 Å². The Bertz CT molecular complexity index is 1110. The van der Waals surface area contributed by atoms with Gasteiger partial charge in [-0.05, 0) is 24.3 Å². The number of urea groups is 1. The van der Waals surface area contributed by atoms with Crippen molar-refractivity contribution in [2.75, 3.05) is 41.7 Å². The second kappa shape index (κ2) is 9.45. The Kier molecular flexibility index (Phi) is 6.45.